The number of benzene rings is 2. The molecule has 2 N–H and O–H groups in total. The average Bonchev–Trinajstić information content (AvgIpc) is 3.89. The number of oxazole rings is 1. The zero-order chi connectivity index (χ0) is 29.9. The summed E-state index contributed by atoms with van der Waals surface area (Å²) < 4.78 is 25.2. The van der Waals surface area contributed by atoms with E-state index in [1.165, 1.54) is 11.3 Å². The van der Waals surface area contributed by atoms with Gasteiger partial charge in [-0.15, -0.1) is 11.3 Å². The molecule has 0 amide bonds. The van der Waals surface area contributed by atoms with Crippen molar-refractivity contribution in [2.45, 2.75) is 0 Å². The van der Waals surface area contributed by atoms with E-state index in [1.54, 1.807) is 18.6 Å². The predicted octanol–water partition coefficient (Wildman–Crippen LogP) is 9.51. The molecule has 0 saturated heterocycles. The van der Waals surface area contributed by atoms with E-state index >= 15 is 4.39 Å². The van der Waals surface area contributed by atoms with Crippen LogP contribution < -0.4 is 0 Å². The fourth-order valence-corrected chi connectivity index (χ4v) is 7.07. The molecule has 2 aromatic carbocycles. The first-order valence-electron chi connectivity index (χ1n) is 14.3. The van der Waals surface area contributed by atoms with Crippen LogP contribution in [-0.2, 0) is 0 Å². The van der Waals surface area contributed by atoms with E-state index in [1.807, 2.05) is 97.2 Å². The Kier molecular flexibility index (Phi) is 5.72. The van der Waals surface area contributed by atoms with Crippen molar-refractivity contribution in [1.82, 2.24) is 29.9 Å². The average molecular weight is 605 g/mol. The molecule has 0 aliphatic rings. The number of fused-ring (bicyclic) bond motifs is 3. The molecule has 0 aliphatic carbocycles. The number of aromatic amines is 2. The zero-order valence-corrected chi connectivity index (χ0v) is 24.3. The van der Waals surface area contributed by atoms with Crippen LogP contribution in [0.5, 0.6) is 0 Å². The lowest BCUT2D eigenvalue weighted by molar-refractivity contribution is 0.614. The molecule has 45 heavy (non-hydrogen) atoms. The molecule has 0 bridgehead atoms. The number of H-pyrrole nitrogens is 2. The number of halogens is 1. The van der Waals surface area contributed by atoms with E-state index in [0.29, 0.717) is 50.6 Å². The molecule has 0 aliphatic heterocycles. The molecule has 214 valence electrons. The molecule has 7 aromatic heterocycles. The molecular formula is C36H21FN6OS. The number of pyridine rings is 3. The number of aromatic nitrogens is 6. The minimum absolute atomic E-state index is 0.292. The number of hydrogen-bond acceptors (Lipinski definition) is 6. The maximum Gasteiger partial charge on any atom is 0.228 e. The summed E-state index contributed by atoms with van der Waals surface area (Å²) in [5, 5.41) is 0. The van der Waals surface area contributed by atoms with Crippen LogP contribution >= 0.6 is 11.3 Å². The summed E-state index contributed by atoms with van der Waals surface area (Å²) >= 11 is 1.49. The number of nitrogens with zero attached hydrogens (tertiary/aromatic N) is 4. The van der Waals surface area contributed by atoms with Gasteiger partial charge in [0.05, 0.1) is 32.5 Å². The van der Waals surface area contributed by atoms with Crippen molar-refractivity contribution in [3.05, 3.63) is 122 Å². The predicted molar refractivity (Wildman–Crippen MR) is 176 cm³/mol. The van der Waals surface area contributed by atoms with Crippen molar-refractivity contribution in [2.75, 3.05) is 0 Å². The summed E-state index contributed by atoms with van der Waals surface area (Å²) in [6, 6.07) is 28.6. The normalized spacial score (nSPS) is 11.7. The van der Waals surface area contributed by atoms with Gasteiger partial charge in [-0.2, -0.15) is 0 Å². The first kappa shape index (κ1) is 25.6. The molecule has 7 nitrogen and oxygen atoms in total. The van der Waals surface area contributed by atoms with E-state index in [4.69, 9.17) is 9.40 Å². The van der Waals surface area contributed by atoms with Crippen molar-refractivity contribution in [2.24, 2.45) is 0 Å². The van der Waals surface area contributed by atoms with Gasteiger partial charge in [-0.25, -0.2) is 9.37 Å². The van der Waals surface area contributed by atoms with Gasteiger partial charge in [0.15, 0.2) is 5.58 Å². The Morgan fingerprint density at radius 1 is 0.644 bits per heavy atom. The lowest BCUT2D eigenvalue weighted by atomic mass is 9.85. The number of nitrogens with one attached hydrogen (secondary N) is 2. The summed E-state index contributed by atoms with van der Waals surface area (Å²) in [4.78, 5) is 26.3. The van der Waals surface area contributed by atoms with Gasteiger partial charge in [0.2, 0.25) is 5.89 Å². The Hall–Kier alpha value is -5.93. The molecule has 0 atom stereocenters. The smallest absolute Gasteiger partial charge is 0.228 e. The lowest BCUT2D eigenvalue weighted by Gasteiger charge is -2.21. The number of thiophene rings is 1. The van der Waals surface area contributed by atoms with Crippen LogP contribution in [0.1, 0.15) is 0 Å². The van der Waals surface area contributed by atoms with E-state index < -0.39 is 5.82 Å². The zero-order valence-electron chi connectivity index (χ0n) is 23.5. The Morgan fingerprint density at radius 2 is 1.47 bits per heavy atom. The maximum absolute atomic E-state index is 17.8. The first-order chi connectivity index (χ1) is 22.2. The molecule has 0 unspecified atom stereocenters. The van der Waals surface area contributed by atoms with Gasteiger partial charge in [0.25, 0.3) is 0 Å². The standard InChI is InChI=1S/C36H21FN6OS/c37-35-32(23-9-3-4-14-38-23)34(36-43-21-8-1-2-12-27(21)44-36)30(22-11-6-15-39-22)31(26-18-24-20(42-26)10-5-16-40-24)33(35)29-19-25-28(45-29)13-7-17-41-25/h1-19,39,42H. The Balaban J connectivity index is 1.51. The third-order valence-corrected chi connectivity index (χ3v) is 9.03. The summed E-state index contributed by atoms with van der Waals surface area (Å²) in [6.45, 7) is 0. The SMILES string of the molecule is Fc1c(-c2ccccn2)c(-c2nc3ccccc3o2)c(-c2ccc[nH]2)c(-c2cc3ncccc3[nH]2)c1-c1cc2ncccc2s1. The monoisotopic (exact) mass is 604 g/mol. The molecule has 9 aromatic rings. The first-order valence-corrected chi connectivity index (χ1v) is 15.1. The molecule has 7 heterocycles. The molecule has 0 saturated carbocycles. The van der Waals surface area contributed by atoms with Crippen LogP contribution in [0.4, 0.5) is 4.39 Å². The number of para-hydroxylation sites is 2. The molecular weight excluding hydrogens is 584 g/mol. The van der Waals surface area contributed by atoms with Crippen LogP contribution in [0.3, 0.4) is 0 Å². The molecule has 0 radical (unpaired) electrons. The van der Waals surface area contributed by atoms with Crippen LogP contribution in [-0.4, -0.2) is 29.9 Å². The van der Waals surface area contributed by atoms with Gasteiger partial charge in [-0.05, 0) is 72.8 Å². The third kappa shape index (κ3) is 4.09. The minimum Gasteiger partial charge on any atom is -0.436 e. The quantitative estimate of drug-likeness (QED) is 0.204. The number of hydrogen-bond donors (Lipinski definition) is 2. The second-order valence-electron chi connectivity index (χ2n) is 10.6. The fourth-order valence-electron chi connectivity index (χ4n) is 6.00. The highest BCUT2D eigenvalue weighted by molar-refractivity contribution is 7.22. The van der Waals surface area contributed by atoms with E-state index in [2.05, 4.69) is 24.9 Å². The second-order valence-corrected chi connectivity index (χ2v) is 11.7. The van der Waals surface area contributed by atoms with Crippen molar-refractivity contribution in [1.29, 1.82) is 0 Å². The highest BCUT2D eigenvalue weighted by atomic mass is 32.1. The van der Waals surface area contributed by atoms with Gasteiger partial charge in [-0.1, -0.05) is 18.2 Å². The highest BCUT2D eigenvalue weighted by Gasteiger charge is 2.33. The highest BCUT2D eigenvalue weighted by Crippen LogP contribution is 2.53. The van der Waals surface area contributed by atoms with Crippen molar-refractivity contribution < 1.29 is 8.81 Å². The fraction of sp³-hybridized carbons (Fsp3) is 0. The Labute approximate surface area is 259 Å². The van der Waals surface area contributed by atoms with E-state index in [0.717, 1.165) is 37.4 Å². The van der Waals surface area contributed by atoms with Gasteiger partial charge in [-0.3, -0.25) is 15.0 Å². The van der Waals surface area contributed by atoms with Crippen LogP contribution in [0.25, 0.3) is 88.0 Å². The second kappa shape index (κ2) is 10.1. The van der Waals surface area contributed by atoms with Gasteiger partial charge in [0.1, 0.15) is 11.3 Å². The Bertz CT molecular complexity index is 2410. The summed E-state index contributed by atoms with van der Waals surface area (Å²) in [7, 11) is 0. The van der Waals surface area contributed by atoms with E-state index in [9.17, 15) is 0 Å². The van der Waals surface area contributed by atoms with E-state index in [-0.39, 0.29) is 0 Å². The summed E-state index contributed by atoms with van der Waals surface area (Å²) in [6.07, 6.45) is 7.02. The van der Waals surface area contributed by atoms with Crippen molar-refractivity contribution in [3.63, 3.8) is 0 Å². The Morgan fingerprint density at radius 3 is 2.27 bits per heavy atom. The van der Waals surface area contributed by atoms with Gasteiger partial charge < -0.3 is 14.4 Å². The van der Waals surface area contributed by atoms with Crippen LogP contribution in [0.2, 0.25) is 0 Å². The molecule has 9 heteroatoms. The molecule has 9 rings (SSSR count). The number of rotatable bonds is 5. The van der Waals surface area contributed by atoms with Crippen molar-refractivity contribution in [3.8, 4) is 55.7 Å². The molecule has 0 spiro atoms. The largest absolute Gasteiger partial charge is 0.436 e. The van der Waals surface area contributed by atoms with Gasteiger partial charge >= 0.3 is 0 Å². The third-order valence-electron chi connectivity index (χ3n) is 7.93. The lowest BCUT2D eigenvalue weighted by Crippen LogP contribution is -2.03. The van der Waals surface area contributed by atoms with Gasteiger partial charge in [0, 0.05) is 63.3 Å². The topological polar surface area (TPSA) is 96.3 Å². The van der Waals surface area contributed by atoms with Crippen LogP contribution in [0, 0.1) is 5.82 Å². The minimum atomic E-state index is -0.436. The summed E-state index contributed by atoms with van der Waals surface area (Å²) in [5.74, 6) is -0.144. The maximum atomic E-state index is 17.8. The van der Waals surface area contributed by atoms with Crippen molar-refractivity contribution >= 4 is 43.7 Å². The van der Waals surface area contributed by atoms with Crippen LogP contribution in [0.15, 0.2) is 120 Å². The summed E-state index contributed by atoms with van der Waals surface area (Å²) in [5.41, 5.74) is 8.21. The molecule has 0 fully saturated rings.